The predicted octanol–water partition coefficient (Wildman–Crippen LogP) is 1.37. The van der Waals surface area contributed by atoms with Crippen LogP contribution in [0, 0.1) is 6.92 Å². The minimum atomic E-state index is 0.645. The van der Waals surface area contributed by atoms with E-state index in [0.717, 1.165) is 45.0 Å². The van der Waals surface area contributed by atoms with Gasteiger partial charge in [0.25, 0.3) is 0 Å². The van der Waals surface area contributed by atoms with E-state index < -0.39 is 0 Å². The van der Waals surface area contributed by atoms with Gasteiger partial charge in [-0.25, -0.2) is 0 Å². The van der Waals surface area contributed by atoms with Crippen LogP contribution in [0.4, 0.5) is 5.82 Å². The molecule has 1 aliphatic heterocycles. The quantitative estimate of drug-likeness (QED) is 0.883. The van der Waals surface area contributed by atoms with Gasteiger partial charge in [-0.05, 0) is 27.3 Å². The van der Waals surface area contributed by atoms with E-state index in [9.17, 15) is 0 Å². The number of anilines is 1. The van der Waals surface area contributed by atoms with Gasteiger partial charge >= 0.3 is 0 Å². The molecule has 5 heteroatoms. The summed E-state index contributed by atoms with van der Waals surface area (Å²) in [6.07, 6.45) is 0. The predicted molar refractivity (Wildman–Crippen MR) is 84.2 cm³/mol. The fourth-order valence-corrected chi connectivity index (χ4v) is 2.99. The molecule has 1 aromatic rings. The molecule has 0 bridgehead atoms. The maximum atomic E-state index is 4.61. The molecule has 0 aliphatic carbocycles. The van der Waals surface area contributed by atoms with E-state index in [1.807, 2.05) is 4.68 Å². The molecule has 1 saturated heterocycles. The number of nitrogens with zero attached hydrogens (tertiary/aromatic N) is 4. The van der Waals surface area contributed by atoms with Gasteiger partial charge in [-0.3, -0.25) is 9.58 Å². The largest absolute Gasteiger partial charge is 0.354 e. The van der Waals surface area contributed by atoms with E-state index in [1.165, 1.54) is 11.4 Å². The van der Waals surface area contributed by atoms with Gasteiger partial charge in [0.1, 0.15) is 5.82 Å². The van der Waals surface area contributed by atoms with Gasteiger partial charge in [0.05, 0.1) is 5.69 Å². The number of hydrogen-bond donors (Lipinski definition) is 1. The minimum absolute atomic E-state index is 0.645. The highest BCUT2D eigenvalue weighted by Gasteiger charge is 2.24. The Morgan fingerprint density at radius 3 is 2.40 bits per heavy atom. The Kier molecular flexibility index (Phi) is 5.05. The second kappa shape index (κ2) is 6.59. The van der Waals surface area contributed by atoms with E-state index in [2.05, 4.69) is 55.0 Å². The van der Waals surface area contributed by atoms with Crippen molar-refractivity contribution in [3.63, 3.8) is 0 Å². The Labute approximate surface area is 122 Å². The number of aryl methyl sites for hydroxylation is 2. The summed E-state index contributed by atoms with van der Waals surface area (Å²) in [6.45, 7) is 15.2. The molecule has 0 atom stereocenters. The SMILES string of the molecule is CCNCc1c(C)nn(C)c1N1CCN(C(C)C)CC1. The first-order valence-corrected chi connectivity index (χ1v) is 7.76. The summed E-state index contributed by atoms with van der Waals surface area (Å²) in [5.74, 6) is 1.30. The lowest BCUT2D eigenvalue weighted by Gasteiger charge is -2.38. The standard InChI is InChI=1S/C15H29N5/c1-6-16-11-14-13(4)17-18(5)15(14)20-9-7-19(8-10-20)12(2)3/h12,16H,6-11H2,1-5H3. The molecular formula is C15H29N5. The van der Waals surface area contributed by atoms with Crippen LogP contribution in [0.25, 0.3) is 0 Å². The molecule has 2 rings (SSSR count). The lowest BCUT2D eigenvalue weighted by atomic mass is 10.2. The van der Waals surface area contributed by atoms with E-state index in [0.29, 0.717) is 6.04 Å². The van der Waals surface area contributed by atoms with Crippen molar-refractivity contribution in [1.82, 2.24) is 20.0 Å². The summed E-state index contributed by atoms with van der Waals surface area (Å²) < 4.78 is 2.05. The van der Waals surface area contributed by atoms with Crippen LogP contribution in [-0.4, -0.2) is 53.4 Å². The Balaban J connectivity index is 2.12. The van der Waals surface area contributed by atoms with Gasteiger partial charge in [0, 0.05) is 51.4 Å². The van der Waals surface area contributed by atoms with Crippen LogP contribution in [0.2, 0.25) is 0 Å². The van der Waals surface area contributed by atoms with Crippen molar-refractivity contribution in [2.45, 2.75) is 40.3 Å². The molecule has 0 radical (unpaired) electrons. The number of rotatable bonds is 5. The molecule has 0 aromatic carbocycles. The Morgan fingerprint density at radius 1 is 1.20 bits per heavy atom. The average molecular weight is 279 g/mol. The highest BCUT2D eigenvalue weighted by atomic mass is 15.4. The maximum absolute atomic E-state index is 4.61. The summed E-state index contributed by atoms with van der Waals surface area (Å²) in [6, 6.07) is 0.645. The van der Waals surface area contributed by atoms with E-state index >= 15 is 0 Å². The highest BCUT2D eigenvalue weighted by molar-refractivity contribution is 5.50. The maximum Gasteiger partial charge on any atom is 0.131 e. The Hall–Kier alpha value is -1.07. The van der Waals surface area contributed by atoms with Crippen molar-refractivity contribution in [3.8, 4) is 0 Å². The molecule has 0 unspecified atom stereocenters. The fraction of sp³-hybridized carbons (Fsp3) is 0.800. The molecule has 2 heterocycles. The molecule has 1 fully saturated rings. The summed E-state index contributed by atoms with van der Waals surface area (Å²) in [5.41, 5.74) is 2.50. The third-order valence-electron chi connectivity index (χ3n) is 4.21. The minimum Gasteiger partial charge on any atom is -0.354 e. The zero-order chi connectivity index (χ0) is 14.7. The second-order valence-electron chi connectivity index (χ2n) is 5.91. The van der Waals surface area contributed by atoms with Gasteiger partial charge in [0.15, 0.2) is 0 Å². The molecule has 5 nitrogen and oxygen atoms in total. The van der Waals surface area contributed by atoms with E-state index in [4.69, 9.17) is 0 Å². The monoisotopic (exact) mass is 279 g/mol. The lowest BCUT2D eigenvalue weighted by Crippen LogP contribution is -2.49. The molecule has 20 heavy (non-hydrogen) atoms. The van der Waals surface area contributed by atoms with Crippen molar-refractivity contribution in [3.05, 3.63) is 11.3 Å². The number of piperazine rings is 1. The molecular weight excluding hydrogens is 250 g/mol. The first-order chi connectivity index (χ1) is 9.54. The summed E-state index contributed by atoms with van der Waals surface area (Å²) >= 11 is 0. The molecule has 1 N–H and O–H groups in total. The third-order valence-corrected chi connectivity index (χ3v) is 4.21. The van der Waals surface area contributed by atoms with Gasteiger partial charge in [-0.1, -0.05) is 6.92 Å². The fourth-order valence-electron chi connectivity index (χ4n) is 2.99. The van der Waals surface area contributed by atoms with Gasteiger partial charge in [0.2, 0.25) is 0 Å². The third kappa shape index (κ3) is 3.15. The van der Waals surface area contributed by atoms with E-state index in [-0.39, 0.29) is 0 Å². The van der Waals surface area contributed by atoms with Crippen LogP contribution in [0.15, 0.2) is 0 Å². The molecule has 0 spiro atoms. The highest BCUT2D eigenvalue weighted by Crippen LogP contribution is 2.24. The summed E-state index contributed by atoms with van der Waals surface area (Å²) in [7, 11) is 2.06. The second-order valence-corrected chi connectivity index (χ2v) is 5.91. The molecule has 1 aromatic heterocycles. The van der Waals surface area contributed by atoms with Crippen LogP contribution in [0.1, 0.15) is 32.0 Å². The summed E-state index contributed by atoms with van der Waals surface area (Å²) in [5, 5.41) is 8.05. The van der Waals surface area contributed by atoms with E-state index in [1.54, 1.807) is 0 Å². The number of aromatic nitrogens is 2. The average Bonchev–Trinajstić information content (AvgIpc) is 2.70. The van der Waals surface area contributed by atoms with Gasteiger partial charge in [-0.2, -0.15) is 5.10 Å². The van der Waals surface area contributed by atoms with Crippen molar-refractivity contribution < 1.29 is 0 Å². The van der Waals surface area contributed by atoms with Crippen LogP contribution in [-0.2, 0) is 13.6 Å². The first kappa shape index (κ1) is 15.3. The molecule has 0 saturated carbocycles. The number of nitrogens with one attached hydrogen (secondary N) is 1. The Bertz CT molecular complexity index is 430. The zero-order valence-electron chi connectivity index (χ0n) is 13.6. The number of hydrogen-bond acceptors (Lipinski definition) is 4. The normalized spacial score (nSPS) is 17.2. The van der Waals surface area contributed by atoms with Crippen molar-refractivity contribution in [2.24, 2.45) is 7.05 Å². The topological polar surface area (TPSA) is 36.3 Å². The van der Waals surface area contributed by atoms with Crippen LogP contribution in [0.3, 0.4) is 0 Å². The van der Waals surface area contributed by atoms with Crippen molar-refractivity contribution >= 4 is 5.82 Å². The molecule has 114 valence electrons. The van der Waals surface area contributed by atoms with Crippen molar-refractivity contribution in [2.75, 3.05) is 37.6 Å². The molecule has 0 amide bonds. The van der Waals surface area contributed by atoms with Crippen molar-refractivity contribution in [1.29, 1.82) is 0 Å². The Morgan fingerprint density at radius 2 is 1.85 bits per heavy atom. The summed E-state index contributed by atoms with van der Waals surface area (Å²) in [4.78, 5) is 5.04. The van der Waals surface area contributed by atoms with Crippen LogP contribution < -0.4 is 10.2 Å². The first-order valence-electron chi connectivity index (χ1n) is 7.76. The molecule has 1 aliphatic rings. The smallest absolute Gasteiger partial charge is 0.131 e. The zero-order valence-corrected chi connectivity index (χ0v) is 13.6. The van der Waals surface area contributed by atoms with Crippen LogP contribution >= 0.6 is 0 Å². The van der Waals surface area contributed by atoms with Crippen LogP contribution in [0.5, 0.6) is 0 Å². The lowest BCUT2D eigenvalue weighted by molar-refractivity contribution is 0.208. The van der Waals surface area contributed by atoms with Gasteiger partial charge in [-0.15, -0.1) is 0 Å². The van der Waals surface area contributed by atoms with Gasteiger partial charge < -0.3 is 10.2 Å².